The SMILES string of the molecule is O=C(O)COc1[nH]ncc1[N+](=O)[O-]. The Labute approximate surface area is 71.3 Å². The molecule has 0 amide bonds. The van der Waals surface area contributed by atoms with Gasteiger partial charge in [0.1, 0.15) is 6.20 Å². The number of carboxylic acid groups (broad SMARTS) is 1. The van der Waals surface area contributed by atoms with Crippen molar-refractivity contribution in [1.29, 1.82) is 0 Å². The number of hydrogen-bond acceptors (Lipinski definition) is 5. The van der Waals surface area contributed by atoms with Crippen LogP contribution >= 0.6 is 0 Å². The average Bonchev–Trinajstić information content (AvgIpc) is 2.47. The van der Waals surface area contributed by atoms with E-state index in [4.69, 9.17) is 5.11 Å². The molecule has 8 nitrogen and oxygen atoms in total. The van der Waals surface area contributed by atoms with E-state index in [1.54, 1.807) is 0 Å². The van der Waals surface area contributed by atoms with Gasteiger partial charge in [0.15, 0.2) is 6.61 Å². The number of carboxylic acids is 1. The van der Waals surface area contributed by atoms with Crippen molar-refractivity contribution in [2.75, 3.05) is 6.61 Å². The highest BCUT2D eigenvalue weighted by atomic mass is 16.6. The summed E-state index contributed by atoms with van der Waals surface area (Å²) in [5.74, 6) is -1.48. The molecule has 0 saturated carbocycles. The minimum Gasteiger partial charge on any atom is -0.479 e. The van der Waals surface area contributed by atoms with Crippen LogP contribution in [0.1, 0.15) is 0 Å². The number of rotatable bonds is 4. The second kappa shape index (κ2) is 3.52. The highest BCUT2D eigenvalue weighted by Crippen LogP contribution is 2.21. The Kier molecular flexibility index (Phi) is 2.43. The van der Waals surface area contributed by atoms with Crippen LogP contribution in [-0.2, 0) is 4.79 Å². The van der Waals surface area contributed by atoms with Gasteiger partial charge in [-0.2, -0.15) is 5.10 Å². The van der Waals surface area contributed by atoms with Crippen LogP contribution in [0.2, 0.25) is 0 Å². The van der Waals surface area contributed by atoms with Crippen LogP contribution in [0.4, 0.5) is 5.69 Å². The first-order chi connectivity index (χ1) is 6.11. The van der Waals surface area contributed by atoms with Gasteiger partial charge in [0.25, 0.3) is 5.88 Å². The maximum atomic E-state index is 10.2. The predicted molar refractivity (Wildman–Crippen MR) is 38.4 cm³/mol. The van der Waals surface area contributed by atoms with Crippen molar-refractivity contribution >= 4 is 11.7 Å². The quantitative estimate of drug-likeness (QED) is 0.496. The van der Waals surface area contributed by atoms with Crippen molar-refractivity contribution in [1.82, 2.24) is 10.2 Å². The zero-order valence-corrected chi connectivity index (χ0v) is 6.26. The number of aliphatic carboxylic acids is 1. The van der Waals surface area contributed by atoms with Crippen molar-refractivity contribution < 1.29 is 19.6 Å². The molecule has 1 aromatic heterocycles. The minimum absolute atomic E-state index is 0.257. The molecule has 0 aliphatic carbocycles. The molecule has 0 bridgehead atoms. The minimum atomic E-state index is -1.22. The number of nitrogens with zero attached hydrogens (tertiary/aromatic N) is 2. The summed E-state index contributed by atoms with van der Waals surface area (Å²) in [6.07, 6.45) is 0.942. The monoisotopic (exact) mass is 187 g/mol. The van der Waals surface area contributed by atoms with Gasteiger partial charge in [0.2, 0.25) is 0 Å². The normalized spacial score (nSPS) is 9.54. The Morgan fingerprint density at radius 1 is 1.85 bits per heavy atom. The van der Waals surface area contributed by atoms with E-state index < -0.39 is 17.5 Å². The number of H-pyrrole nitrogens is 1. The van der Waals surface area contributed by atoms with Crippen molar-refractivity contribution in [2.24, 2.45) is 0 Å². The molecule has 13 heavy (non-hydrogen) atoms. The zero-order chi connectivity index (χ0) is 9.84. The van der Waals surface area contributed by atoms with Gasteiger partial charge in [0.05, 0.1) is 4.92 Å². The molecular formula is C5H5N3O5. The van der Waals surface area contributed by atoms with Gasteiger partial charge in [0, 0.05) is 0 Å². The van der Waals surface area contributed by atoms with Crippen molar-refractivity contribution in [3.05, 3.63) is 16.3 Å². The van der Waals surface area contributed by atoms with Gasteiger partial charge < -0.3 is 9.84 Å². The van der Waals surface area contributed by atoms with Crippen LogP contribution in [-0.4, -0.2) is 32.8 Å². The molecule has 0 radical (unpaired) electrons. The topological polar surface area (TPSA) is 118 Å². The molecule has 0 aliphatic rings. The fourth-order valence-corrected chi connectivity index (χ4v) is 0.638. The van der Waals surface area contributed by atoms with Crippen LogP contribution in [0.3, 0.4) is 0 Å². The third-order valence-corrected chi connectivity index (χ3v) is 1.12. The number of aromatic amines is 1. The lowest BCUT2D eigenvalue weighted by molar-refractivity contribution is -0.385. The third kappa shape index (κ3) is 2.15. The van der Waals surface area contributed by atoms with E-state index in [9.17, 15) is 14.9 Å². The molecule has 0 atom stereocenters. The second-order valence-corrected chi connectivity index (χ2v) is 2.02. The lowest BCUT2D eigenvalue weighted by Gasteiger charge is -1.97. The molecule has 2 N–H and O–H groups in total. The number of ether oxygens (including phenoxy) is 1. The third-order valence-electron chi connectivity index (χ3n) is 1.12. The van der Waals surface area contributed by atoms with Gasteiger partial charge in [-0.15, -0.1) is 0 Å². The number of nitro groups is 1. The molecule has 0 aliphatic heterocycles. The van der Waals surface area contributed by atoms with Gasteiger partial charge in [-0.1, -0.05) is 0 Å². The molecular weight excluding hydrogens is 182 g/mol. The molecule has 0 spiro atoms. The van der Waals surface area contributed by atoms with E-state index in [1.807, 2.05) is 0 Å². The maximum absolute atomic E-state index is 10.2. The maximum Gasteiger partial charge on any atom is 0.350 e. The summed E-state index contributed by atoms with van der Waals surface area (Å²) < 4.78 is 4.54. The van der Waals surface area contributed by atoms with Crippen LogP contribution in [0.5, 0.6) is 5.88 Å². The fraction of sp³-hybridized carbons (Fsp3) is 0.200. The van der Waals surface area contributed by atoms with Crippen LogP contribution < -0.4 is 4.74 Å². The van der Waals surface area contributed by atoms with E-state index in [1.165, 1.54) is 0 Å². The van der Waals surface area contributed by atoms with Gasteiger partial charge in [-0.3, -0.25) is 10.1 Å². The first-order valence-corrected chi connectivity index (χ1v) is 3.13. The Morgan fingerprint density at radius 2 is 2.54 bits per heavy atom. The Hall–Kier alpha value is -2.12. The summed E-state index contributed by atoms with van der Waals surface area (Å²) in [6, 6.07) is 0. The first-order valence-electron chi connectivity index (χ1n) is 3.13. The molecule has 1 aromatic rings. The largest absolute Gasteiger partial charge is 0.479 e. The summed E-state index contributed by atoms with van der Waals surface area (Å²) in [5, 5.41) is 24.0. The molecule has 1 heterocycles. The summed E-state index contributed by atoms with van der Waals surface area (Å²) in [6.45, 7) is -0.650. The molecule has 8 heteroatoms. The van der Waals surface area contributed by atoms with E-state index in [2.05, 4.69) is 14.9 Å². The summed E-state index contributed by atoms with van der Waals surface area (Å²) in [7, 11) is 0. The number of carbonyl (C=O) groups is 1. The summed E-state index contributed by atoms with van der Waals surface area (Å²) in [4.78, 5) is 19.6. The van der Waals surface area contributed by atoms with Crippen LogP contribution in [0.25, 0.3) is 0 Å². The molecule has 70 valence electrons. The Bertz CT molecular complexity index is 333. The van der Waals surface area contributed by atoms with Crippen molar-refractivity contribution in [2.45, 2.75) is 0 Å². The van der Waals surface area contributed by atoms with Gasteiger partial charge in [-0.25, -0.2) is 9.89 Å². The van der Waals surface area contributed by atoms with E-state index in [-0.39, 0.29) is 11.6 Å². The standard InChI is InChI=1S/C5H5N3O5/c9-4(10)2-13-5-3(8(11)12)1-6-7-5/h1H,2H2,(H,6,7)(H,9,10). The summed E-state index contributed by atoms with van der Waals surface area (Å²) in [5.41, 5.74) is -0.388. The number of hydrogen-bond donors (Lipinski definition) is 2. The molecule has 0 fully saturated rings. The van der Waals surface area contributed by atoms with E-state index in [0.29, 0.717) is 0 Å². The Morgan fingerprint density at radius 3 is 3.08 bits per heavy atom. The van der Waals surface area contributed by atoms with Crippen LogP contribution in [0, 0.1) is 10.1 Å². The molecule has 0 unspecified atom stereocenters. The predicted octanol–water partition coefficient (Wildman–Crippen LogP) is -0.219. The molecule has 1 rings (SSSR count). The fourth-order valence-electron chi connectivity index (χ4n) is 0.638. The Balaban J connectivity index is 2.71. The molecule has 0 saturated heterocycles. The highest BCUT2D eigenvalue weighted by Gasteiger charge is 2.18. The van der Waals surface area contributed by atoms with Crippen molar-refractivity contribution in [3.8, 4) is 5.88 Å². The zero-order valence-electron chi connectivity index (χ0n) is 6.26. The molecule has 0 aromatic carbocycles. The van der Waals surface area contributed by atoms with Gasteiger partial charge >= 0.3 is 11.7 Å². The summed E-state index contributed by atoms with van der Waals surface area (Å²) >= 11 is 0. The average molecular weight is 187 g/mol. The van der Waals surface area contributed by atoms with Gasteiger partial charge in [-0.05, 0) is 0 Å². The smallest absolute Gasteiger partial charge is 0.350 e. The van der Waals surface area contributed by atoms with Crippen molar-refractivity contribution in [3.63, 3.8) is 0 Å². The lowest BCUT2D eigenvalue weighted by atomic mass is 10.5. The van der Waals surface area contributed by atoms with Crippen LogP contribution in [0.15, 0.2) is 6.20 Å². The number of nitrogens with one attached hydrogen (secondary N) is 1. The lowest BCUT2D eigenvalue weighted by Crippen LogP contribution is -2.10. The number of aromatic nitrogens is 2. The van der Waals surface area contributed by atoms with E-state index in [0.717, 1.165) is 6.20 Å². The first kappa shape index (κ1) is 8.97. The second-order valence-electron chi connectivity index (χ2n) is 2.02. The highest BCUT2D eigenvalue weighted by molar-refractivity contribution is 5.68. The van der Waals surface area contributed by atoms with E-state index >= 15 is 0 Å².